The Balaban J connectivity index is 1.54. The molecule has 10 heteroatoms. The summed E-state index contributed by atoms with van der Waals surface area (Å²) >= 11 is 1.51. The van der Waals surface area contributed by atoms with Gasteiger partial charge in [-0.3, -0.25) is 19.3 Å². The highest BCUT2D eigenvalue weighted by Crippen LogP contribution is 2.35. The molecule has 3 rings (SSSR count). The molecule has 2 amide bonds. The van der Waals surface area contributed by atoms with Crippen molar-refractivity contribution in [2.45, 2.75) is 62.9 Å². The van der Waals surface area contributed by atoms with Crippen LogP contribution in [0.4, 0.5) is 17.6 Å². The van der Waals surface area contributed by atoms with Gasteiger partial charge in [0, 0.05) is 24.3 Å². The lowest BCUT2D eigenvalue weighted by atomic mass is 9.82. The highest BCUT2D eigenvalue weighted by Gasteiger charge is 2.41. The predicted molar refractivity (Wildman–Crippen MR) is 110 cm³/mol. The van der Waals surface area contributed by atoms with E-state index in [0.717, 1.165) is 6.42 Å². The Morgan fingerprint density at radius 3 is 2.28 bits per heavy atom. The molecule has 1 saturated heterocycles. The first kappa shape index (κ1) is 24.5. The number of hydrogen-bond acceptors (Lipinski definition) is 5. The molecule has 2 fully saturated rings. The highest BCUT2D eigenvalue weighted by atomic mass is 32.2. The summed E-state index contributed by atoms with van der Waals surface area (Å²) in [5.74, 6) is -10.3. The fourth-order valence-electron chi connectivity index (χ4n) is 3.99. The van der Waals surface area contributed by atoms with Crippen LogP contribution in [0, 0.1) is 35.1 Å². The van der Waals surface area contributed by atoms with E-state index in [1.54, 1.807) is 0 Å². The van der Waals surface area contributed by atoms with Gasteiger partial charge in [-0.15, -0.1) is 11.8 Å². The second-order valence-corrected chi connectivity index (χ2v) is 9.97. The number of thioether (sulfide) groups is 1. The van der Waals surface area contributed by atoms with Crippen LogP contribution in [0.1, 0.15) is 52.4 Å². The summed E-state index contributed by atoms with van der Waals surface area (Å²) in [7, 11) is 0. The van der Waals surface area contributed by atoms with Gasteiger partial charge in [0.1, 0.15) is 0 Å². The van der Waals surface area contributed by atoms with Crippen LogP contribution in [-0.4, -0.2) is 39.7 Å². The van der Waals surface area contributed by atoms with Gasteiger partial charge in [0.05, 0.1) is 11.2 Å². The van der Waals surface area contributed by atoms with E-state index in [2.05, 4.69) is 4.74 Å². The molecule has 1 aromatic carbocycles. The number of benzene rings is 1. The summed E-state index contributed by atoms with van der Waals surface area (Å²) in [5, 5.41) is -0.0837. The van der Waals surface area contributed by atoms with Gasteiger partial charge in [-0.25, -0.2) is 8.78 Å². The number of carbonyl (C=O) groups is 3. The molecule has 2 unspecified atom stereocenters. The van der Waals surface area contributed by atoms with Crippen molar-refractivity contribution in [1.82, 2.24) is 4.90 Å². The van der Waals surface area contributed by atoms with E-state index in [0.29, 0.717) is 25.7 Å². The molecular weight excluding hydrogens is 450 g/mol. The summed E-state index contributed by atoms with van der Waals surface area (Å²) in [5.41, 5.74) is 0. The van der Waals surface area contributed by atoms with E-state index < -0.39 is 40.9 Å². The summed E-state index contributed by atoms with van der Waals surface area (Å²) in [6, 6.07) is 0.0418. The number of imide groups is 1. The van der Waals surface area contributed by atoms with E-state index in [4.69, 9.17) is 0 Å². The minimum atomic E-state index is -1.76. The molecule has 2 aliphatic rings. The fraction of sp³-hybridized carbons (Fsp3) is 0.591. The summed E-state index contributed by atoms with van der Waals surface area (Å²) in [4.78, 5) is 38.5. The minimum absolute atomic E-state index is 0.000569. The third-order valence-corrected chi connectivity index (χ3v) is 7.56. The number of likely N-dealkylation sites (tertiary alicyclic amines) is 1. The quantitative estimate of drug-likeness (QED) is 0.189. The van der Waals surface area contributed by atoms with Gasteiger partial charge in [0.15, 0.2) is 11.6 Å². The van der Waals surface area contributed by atoms with Crippen LogP contribution in [0.3, 0.4) is 0 Å². The van der Waals surface area contributed by atoms with Gasteiger partial charge in [-0.2, -0.15) is 8.78 Å². The van der Waals surface area contributed by atoms with Crippen molar-refractivity contribution in [2.75, 3.05) is 6.54 Å². The number of esters is 1. The SMILES string of the molecule is CCC(C)SC1CC(=O)N(CC2CCC(C(=O)Oc3c(F)c(F)cc(F)c3F)CC2)C1=O. The van der Waals surface area contributed by atoms with E-state index >= 15 is 0 Å². The van der Waals surface area contributed by atoms with E-state index in [1.807, 2.05) is 13.8 Å². The third-order valence-electron chi connectivity index (χ3n) is 6.07. The normalized spacial score (nSPS) is 24.7. The topological polar surface area (TPSA) is 63.7 Å². The standard InChI is InChI=1S/C22H25F4NO4S/c1-3-11(2)32-16-9-17(28)27(21(16)29)10-12-4-6-13(7-5-12)22(30)31-20-18(25)14(23)8-15(24)19(20)26/h8,11-13,16H,3-7,9-10H2,1-2H3. The average molecular weight is 476 g/mol. The van der Waals surface area contributed by atoms with Crippen molar-refractivity contribution in [3.05, 3.63) is 29.3 Å². The largest absolute Gasteiger partial charge is 0.420 e. The van der Waals surface area contributed by atoms with Gasteiger partial charge >= 0.3 is 5.97 Å². The average Bonchev–Trinajstić information content (AvgIpc) is 3.02. The zero-order chi connectivity index (χ0) is 23.6. The Labute approximate surface area is 187 Å². The molecule has 1 aromatic rings. The van der Waals surface area contributed by atoms with Crippen LogP contribution in [0.5, 0.6) is 5.75 Å². The van der Waals surface area contributed by atoms with E-state index in [9.17, 15) is 31.9 Å². The predicted octanol–water partition coefficient (Wildman–Crippen LogP) is 4.61. The molecule has 1 aliphatic heterocycles. The molecule has 1 aliphatic carbocycles. The molecule has 5 nitrogen and oxygen atoms in total. The van der Waals surface area contributed by atoms with Crippen LogP contribution in [0.15, 0.2) is 6.07 Å². The Hall–Kier alpha value is -2.10. The van der Waals surface area contributed by atoms with E-state index in [-0.39, 0.29) is 47.3 Å². The summed E-state index contributed by atoms with van der Waals surface area (Å²) < 4.78 is 58.7. The number of hydrogen-bond donors (Lipinski definition) is 0. The maximum atomic E-state index is 13.7. The van der Waals surface area contributed by atoms with Gasteiger partial charge in [0.2, 0.25) is 29.2 Å². The Kier molecular flexibility index (Phi) is 7.84. The lowest BCUT2D eigenvalue weighted by Crippen LogP contribution is -2.38. The number of rotatable bonds is 7. The second-order valence-electron chi connectivity index (χ2n) is 8.33. The van der Waals surface area contributed by atoms with Crippen LogP contribution < -0.4 is 4.74 Å². The zero-order valence-corrected chi connectivity index (χ0v) is 18.7. The van der Waals surface area contributed by atoms with E-state index in [1.165, 1.54) is 16.7 Å². The molecule has 1 heterocycles. The fourth-order valence-corrected chi connectivity index (χ4v) is 5.23. The van der Waals surface area contributed by atoms with Crippen LogP contribution >= 0.6 is 11.8 Å². The van der Waals surface area contributed by atoms with Crippen molar-refractivity contribution in [3.8, 4) is 5.75 Å². The van der Waals surface area contributed by atoms with Crippen molar-refractivity contribution in [3.63, 3.8) is 0 Å². The van der Waals surface area contributed by atoms with Crippen molar-refractivity contribution >= 4 is 29.5 Å². The van der Waals surface area contributed by atoms with Gasteiger partial charge in [-0.05, 0) is 38.0 Å². The first-order valence-electron chi connectivity index (χ1n) is 10.7. The monoisotopic (exact) mass is 475 g/mol. The van der Waals surface area contributed by atoms with Gasteiger partial charge < -0.3 is 4.74 Å². The molecule has 0 spiro atoms. The summed E-state index contributed by atoms with van der Waals surface area (Å²) in [6.45, 7) is 4.31. The van der Waals surface area contributed by atoms with Crippen LogP contribution in [-0.2, 0) is 14.4 Å². The highest BCUT2D eigenvalue weighted by molar-refractivity contribution is 8.01. The molecule has 1 saturated carbocycles. The number of halogens is 4. The lowest BCUT2D eigenvalue weighted by Gasteiger charge is -2.29. The van der Waals surface area contributed by atoms with Crippen LogP contribution in [0.2, 0.25) is 0 Å². The molecule has 0 N–H and O–H groups in total. The summed E-state index contributed by atoms with van der Waals surface area (Å²) in [6.07, 6.45) is 2.72. The number of carbonyl (C=O) groups excluding carboxylic acids is 3. The molecule has 0 bridgehead atoms. The smallest absolute Gasteiger partial charge is 0.314 e. The molecular formula is C22H25F4NO4S. The van der Waals surface area contributed by atoms with Gasteiger partial charge in [0.25, 0.3) is 0 Å². The van der Waals surface area contributed by atoms with Crippen molar-refractivity contribution < 1.29 is 36.7 Å². The van der Waals surface area contributed by atoms with Crippen molar-refractivity contribution in [2.24, 2.45) is 11.8 Å². The minimum Gasteiger partial charge on any atom is -0.420 e. The zero-order valence-electron chi connectivity index (χ0n) is 17.8. The third kappa shape index (κ3) is 5.27. The molecule has 2 atom stereocenters. The van der Waals surface area contributed by atoms with Crippen LogP contribution in [0.25, 0.3) is 0 Å². The number of nitrogens with zero attached hydrogens (tertiary/aromatic N) is 1. The molecule has 0 radical (unpaired) electrons. The second kappa shape index (κ2) is 10.2. The maximum Gasteiger partial charge on any atom is 0.314 e. The Morgan fingerprint density at radius 1 is 1.12 bits per heavy atom. The first-order valence-corrected chi connectivity index (χ1v) is 11.6. The Morgan fingerprint density at radius 2 is 1.72 bits per heavy atom. The maximum absolute atomic E-state index is 13.7. The lowest BCUT2D eigenvalue weighted by molar-refractivity contribution is -0.143. The first-order chi connectivity index (χ1) is 15.1. The van der Waals surface area contributed by atoms with Crippen molar-refractivity contribution in [1.29, 1.82) is 0 Å². The number of ether oxygens (including phenoxy) is 1. The number of amides is 2. The van der Waals surface area contributed by atoms with Gasteiger partial charge in [-0.1, -0.05) is 13.8 Å². The Bertz CT molecular complexity index is 878. The molecule has 0 aromatic heterocycles. The molecule has 176 valence electrons. The molecule has 32 heavy (non-hydrogen) atoms.